The molecule has 4 rings (SSSR count). The highest BCUT2D eigenvalue weighted by Gasteiger charge is 2.17. The van der Waals surface area contributed by atoms with E-state index in [9.17, 15) is 4.79 Å². The average molecular weight is 386 g/mol. The predicted octanol–water partition coefficient (Wildman–Crippen LogP) is 6.18. The monoisotopic (exact) mass is 386 g/mol. The Kier molecular flexibility index (Phi) is 7.17. The van der Waals surface area contributed by atoms with Crippen molar-refractivity contribution in [3.63, 3.8) is 0 Å². The second-order valence-corrected chi connectivity index (χ2v) is 6.68. The molecule has 0 fully saturated rings. The second-order valence-electron chi connectivity index (χ2n) is 6.68. The van der Waals surface area contributed by atoms with Crippen LogP contribution in [0.5, 0.6) is 0 Å². The van der Waals surface area contributed by atoms with Gasteiger partial charge < -0.3 is 9.73 Å². The standard InChI is InChI=1S/C16H16N2O.C9H10O/c1-17-16-14(12-8-4-2-5-9-12)18-15(19-16)13-10-6-3-7-11-13;1-2-8-3-5-9(7-10)6-4-8/h2-4,6-8,10-11,17H,5,9H2,1H3;3-7H,2H2,1H3. The van der Waals surface area contributed by atoms with Crippen LogP contribution in [-0.4, -0.2) is 18.3 Å². The first-order valence-electron chi connectivity index (χ1n) is 9.89. The molecule has 2 aromatic carbocycles. The molecule has 4 heteroatoms. The van der Waals surface area contributed by atoms with Crippen LogP contribution in [0, 0.1) is 0 Å². The van der Waals surface area contributed by atoms with E-state index in [2.05, 4.69) is 35.5 Å². The minimum atomic E-state index is 0.662. The molecule has 1 aliphatic carbocycles. The maximum atomic E-state index is 10.2. The molecule has 0 radical (unpaired) electrons. The van der Waals surface area contributed by atoms with Crippen LogP contribution in [0.3, 0.4) is 0 Å². The van der Waals surface area contributed by atoms with Gasteiger partial charge in [-0.25, -0.2) is 4.98 Å². The molecule has 3 aromatic rings. The number of benzene rings is 2. The fourth-order valence-corrected chi connectivity index (χ4v) is 3.04. The van der Waals surface area contributed by atoms with Gasteiger partial charge >= 0.3 is 0 Å². The number of carbonyl (C=O) groups is 1. The van der Waals surface area contributed by atoms with Gasteiger partial charge in [-0.1, -0.05) is 67.6 Å². The number of aryl methyl sites for hydroxylation is 1. The number of nitrogens with one attached hydrogen (secondary N) is 1. The molecule has 1 aliphatic rings. The highest BCUT2D eigenvalue weighted by molar-refractivity contribution is 5.75. The van der Waals surface area contributed by atoms with E-state index in [1.165, 1.54) is 11.1 Å². The van der Waals surface area contributed by atoms with E-state index in [0.717, 1.165) is 48.3 Å². The molecule has 1 aromatic heterocycles. The summed E-state index contributed by atoms with van der Waals surface area (Å²) in [5.41, 5.74) is 5.16. The zero-order valence-electron chi connectivity index (χ0n) is 16.9. The molecular formula is C25H26N2O2. The molecule has 0 saturated heterocycles. The number of nitrogens with zero attached hydrogens (tertiary/aromatic N) is 1. The third-order valence-corrected chi connectivity index (χ3v) is 4.72. The molecule has 1 N–H and O–H groups in total. The van der Waals surface area contributed by atoms with Crippen molar-refractivity contribution < 1.29 is 9.21 Å². The molecule has 0 bridgehead atoms. The summed E-state index contributed by atoms with van der Waals surface area (Å²) in [7, 11) is 1.86. The van der Waals surface area contributed by atoms with Crippen LogP contribution in [0.4, 0.5) is 5.88 Å². The van der Waals surface area contributed by atoms with E-state index in [4.69, 9.17) is 4.42 Å². The Morgan fingerprint density at radius 3 is 2.45 bits per heavy atom. The van der Waals surface area contributed by atoms with Crippen LogP contribution in [-0.2, 0) is 6.42 Å². The van der Waals surface area contributed by atoms with Crippen LogP contribution < -0.4 is 5.32 Å². The molecule has 148 valence electrons. The normalized spacial score (nSPS) is 12.6. The van der Waals surface area contributed by atoms with Gasteiger partial charge in [0.15, 0.2) is 0 Å². The molecule has 0 aliphatic heterocycles. The van der Waals surface area contributed by atoms with Gasteiger partial charge in [0.25, 0.3) is 0 Å². The van der Waals surface area contributed by atoms with E-state index >= 15 is 0 Å². The zero-order valence-corrected chi connectivity index (χ0v) is 16.9. The summed E-state index contributed by atoms with van der Waals surface area (Å²) in [6.07, 6.45) is 10.3. The lowest BCUT2D eigenvalue weighted by Crippen LogP contribution is -1.94. The molecule has 1 heterocycles. The van der Waals surface area contributed by atoms with Crippen molar-refractivity contribution in [2.45, 2.75) is 26.2 Å². The molecule has 0 saturated carbocycles. The van der Waals surface area contributed by atoms with E-state index in [1.54, 1.807) is 0 Å². The molecule has 4 nitrogen and oxygen atoms in total. The van der Waals surface area contributed by atoms with Crippen LogP contribution in [0.25, 0.3) is 17.0 Å². The van der Waals surface area contributed by atoms with Gasteiger partial charge in [-0.3, -0.25) is 4.79 Å². The van der Waals surface area contributed by atoms with E-state index in [0.29, 0.717) is 5.89 Å². The smallest absolute Gasteiger partial charge is 0.229 e. The quantitative estimate of drug-likeness (QED) is 0.532. The Morgan fingerprint density at radius 2 is 1.86 bits per heavy atom. The van der Waals surface area contributed by atoms with Crippen molar-refractivity contribution in [3.8, 4) is 11.5 Å². The fraction of sp³-hybridized carbons (Fsp3) is 0.200. The lowest BCUT2D eigenvalue weighted by atomic mass is 10.0. The minimum Gasteiger partial charge on any atom is -0.420 e. The zero-order chi connectivity index (χ0) is 20.5. The van der Waals surface area contributed by atoms with Crippen molar-refractivity contribution in [2.75, 3.05) is 12.4 Å². The number of rotatable bonds is 5. The Balaban J connectivity index is 0.000000204. The van der Waals surface area contributed by atoms with Crippen LogP contribution >= 0.6 is 0 Å². The van der Waals surface area contributed by atoms with Crippen LogP contribution in [0.1, 0.15) is 41.4 Å². The summed E-state index contributed by atoms with van der Waals surface area (Å²) in [5, 5.41) is 3.09. The van der Waals surface area contributed by atoms with E-state index in [-0.39, 0.29) is 0 Å². The van der Waals surface area contributed by atoms with Gasteiger partial charge in [0, 0.05) is 18.2 Å². The van der Waals surface area contributed by atoms with Gasteiger partial charge in [-0.2, -0.15) is 0 Å². The summed E-state index contributed by atoms with van der Waals surface area (Å²) in [6.45, 7) is 2.09. The Hall–Kier alpha value is -3.40. The fourth-order valence-electron chi connectivity index (χ4n) is 3.04. The maximum absolute atomic E-state index is 10.2. The summed E-state index contributed by atoms with van der Waals surface area (Å²) >= 11 is 0. The van der Waals surface area contributed by atoms with Crippen LogP contribution in [0.15, 0.2) is 77.2 Å². The molecule has 0 amide bonds. The third kappa shape index (κ3) is 5.32. The van der Waals surface area contributed by atoms with Gasteiger partial charge in [0.2, 0.25) is 11.8 Å². The number of anilines is 1. The highest BCUT2D eigenvalue weighted by Crippen LogP contribution is 2.32. The lowest BCUT2D eigenvalue weighted by Gasteiger charge is -2.06. The van der Waals surface area contributed by atoms with Gasteiger partial charge in [-0.15, -0.1) is 0 Å². The maximum Gasteiger partial charge on any atom is 0.229 e. The molecule has 29 heavy (non-hydrogen) atoms. The van der Waals surface area contributed by atoms with E-state index < -0.39 is 0 Å². The van der Waals surface area contributed by atoms with Crippen molar-refractivity contribution in [1.29, 1.82) is 0 Å². The highest BCUT2D eigenvalue weighted by atomic mass is 16.4. The third-order valence-electron chi connectivity index (χ3n) is 4.72. The first-order chi connectivity index (χ1) is 14.2. The lowest BCUT2D eigenvalue weighted by molar-refractivity contribution is 0.112. The minimum absolute atomic E-state index is 0.662. The summed E-state index contributed by atoms with van der Waals surface area (Å²) in [6, 6.07) is 17.6. The molecule has 0 spiro atoms. The number of allylic oxidation sites excluding steroid dienone is 4. The molecular weight excluding hydrogens is 360 g/mol. The largest absolute Gasteiger partial charge is 0.420 e. The first kappa shape index (κ1) is 20.3. The topological polar surface area (TPSA) is 55.1 Å². The number of aromatic nitrogens is 1. The second kappa shape index (κ2) is 10.2. The van der Waals surface area contributed by atoms with Crippen LogP contribution in [0.2, 0.25) is 0 Å². The summed E-state index contributed by atoms with van der Waals surface area (Å²) in [5.74, 6) is 1.40. The van der Waals surface area contributed by atoms with Gasteiger partial charge in [0.05, 0.1) is 0 Å². The Morgan fingerprint density at radius 1 is 1.10 bits per heavy atom. The Bertz CT molecular complexity index is 983. The summed E-state index contributed by atoms with van der Waals surface area (Å²) < 4.78 is 5.82. The van der Waals surface area contributed by atoms with E-state index in [1.807, 2.05) is 61.6 Å². The van der Waals surface area contributed by atoms with Crippen molar-refractivity contribution in [2.24, 2.45) is 0 Å². The number of oxazole rings is 1. The number of carbonyl (C=O) groups excluding carboxylic acids is 1. The van der Waals surface area contributed by atoms with Crippen molar-refractivity contribution in [3.05, 3.63) is 89.6 Å². The van der Waals surface area contributed by atoms with Crippen molar-refractivity contribution in [1.82, 2.24) is 4.98 Å². The number of hydrogen-bond acceptors (Lipinski definition) is 4. The predicted molar refractivity (Wildman–Crippen MR) is 119 cm³/mol. The Labute approximate surface area is 172 Å². The number of hydrogen-bond donors (Lipinski definition) is 1. The first-order valence-corrected chi connectivity index (χ1v) is 9.89. The van der Waals surface area contributed by atoms with Crippen molar-refractivity contribution >= 4 is 17.7 Å². The number of aldehydes is 1. The SMILES string of the molecule is CCc1ccc(C=O)cc1.CNc1oc(-c2ccccc2)nc1C1=CC=CCC1. The van der Waals surface area contributed by atoms with Gasteiger partial charge in [0.1, 0.15) is 12.0 Å². The molecule has 0 unspecified atom stereocenters. The summed E-state index contributed by atoms with van der Waals surface area (Å²) in [4.78, 5) is 14.8. The average Bonchev–Trinajstić information content (AvgIpc) is 3.25. The molecule has 0 atom stereocenters. The van der Waals surface area contributed by atoms with Gasteiger partial charge in [-0.05, 0) is 42.5 Å².